The summed E-state index contributed by atoms with van der Waals surface area (Å²) in [5, 5.41) is 3.23. The molecule has 1 aromatic heterocycles. The molecule has 6 heteroatoms. The van der Waals surface area contributed by atoms with Crippen LogP contribution >= 0.6 is 35.4 Å². The molecular weight excluding hydrogens is 303 g/mol. The van der Waals surface area contributed by atoms with E-state index in [1.165, 1.54) is 0 Å². The van der Waals surface area contributed by atoms with Gasteiger partial charge in [-0.25, -0.2) is 4.98 Å². The first-order valence-corrected chi connectivity index (χ1v) is 6.39. The summed E-state index contributed by atoms with van der Waals surface area (Å²) in [4.78, 5) is 7.97. The van der Waals surface area contributed by atoms with E-state index in [-0.39, 0.29) is 0 Å². The van der Waals surface area contributed by atoms with Crippen molar-refractivity contribution in [3.8, 4) is 17.0 Å². The molecule has 1 aromatic carbocycles. The molecule has 2 aromatic rings. The summed E-state index contributed by atoms with van der Waals surface area (Å²) in [5.41, 5.74) is 2.06. The van der Waals surface area contributed by atoms with Crippen LogP contribution in [-0.4, -0.2) is 17.3 Å². The van der Waals surface area contributed by atoms with E-state index in [0.717, 1.165) is 5.56 Å². The molecule has 0 unspecified atom stereocenters. The molecule has 19 heavy (non-hydrogen) atoms. The molecule has 0 spiro atoms. The topological polar surface area (TPSA) is 34.5 Å². The van der Waals surface area contributed by atoms with Gasteiger partial charge in [0.15, 0.2) is 0 Å². The standard InChI is InChI=1S/C13H8Cl2N2OS/c1-18-12-3-2-8(6-16-12)13-10(14)4-9(17-7-19)5-11(13)15/h2-6H,1H3. The molecule has 0 saturated heterocycles. The van der Waals surface area contributed by atoms with Crippen LogP contribution < -0.4 is 4.74 Å². The Labute approximate surface area is 125 Å². The molecule has 0 aliphatic carbocycles. The number of thiocarbonyl (C=S) groups is 1. The fraction of sp³-hybridized carbons (Fsp3) is 0.0769. The van der Waals surface area contributed by atoms with Crippen LogP contribution in [0.25, 0.3) is 11.1 Å². The van der Waals surface area contributed by atoms with E-state index in [1.54, 1.807) is 31.5 Å². The van der Waals surface area contributed by atoms with Gasteiger partial charge in [-0.3, -0.25) is 0 Å². The zero-order valence-electron chi connectivity index (χ0n) is 9.85. The monoisotopic (exact) mass is 310 g/mol. The van der Waals surface area contributed by atoms with Crippen molar-refractivity contribution in [2.75, 3.05) is 7.11 Å². The molecule has 0 saturated carbocycles. The van der Waals surface area contributed by atoms with Gasteiger partial charge in [0.1, 0.15) is 0 Å². The Morgan fingerprint density at radius 1 is 1.26 bits per heavy atom. The number of halogens is 2. The second-order valence-electron chi connectivity index (χ2n) is 3.58. The van der Waals surface area contributed by atoms with Crippen molar-refractivity contribution in [2.24, 2.45) is 4.99 Å². The maximum absolute atomic E-state index is 6.21. The van der Waals surface area contributed by atoms with Crippen LogP contribution in [0.15, 0.2) is 35.5 Å². The van der Waals surface area contributed by atoms with Gasteiger partial charge in [-0.1, -0.05) is 23.2 Å². The van der Waals surface area contributed by atoms with E-state index in [1.807, 2.05) is 6.07 Å². The lowest BCUT2D eigenvalue weighted by Crippen LogP contribution is -1.88. The van der Waals surface area contributed by atoms with Crippen LogP contribution in [0.4, 0.5) is 5.69 Å². The second kappa shape index (κ2) is 6.13. The number of methoxy groups -OCH3 is 1. The highest BCUT2D eigenvalue weighted by atomic mass is 35.5. The third-order valence-electron chi connectivity index (χ3n) is 2.44. The van der Waals surface area contributed by atoms with Crippen molar-refractivity contribution in [2.45, 2.75) is 0 Å². The summed E-state index contributed by atoms with van der Waals surface area (Å²) in [5.74, 6) is 0.526. The lowest BCUT2D eigenvalue weighted by molar-refractivity contribution is 0.398. The molecule has 0 aliphatic rings. The summed E-state index contributed by atoms with van der Waals surface area (Å²) in [6, 6.07) is 6.92. The predicted molar refractivity (Wildman–Crippen MR) is 80.9 cm³/mol. The number of aromatic nitrogens is 1. The average molecular weight is 311 g/mol. The smallest absolute Gasteiger partial charge is 0.212 e. The minimum atomic E-state index is 0.475. The van der Waals surface area contributed by atoms with E-state index in [4.69, 9.17) is 27.9 Å². The Balaban J connectivity index is 2.52. The molecule has 0 amide bonds. The lowest BCUT2D eigenvalue weighted by Gasteiger charge is -2.08. The maximum Gasteiger partial charge on any atom is 0.212 e. The third-order valence-corrected chi connectivity index (χ3v) is 3.12. The molecule has 96 valence electrons. The third kappa shape index (κ3) is 3.11. The molecule has 2 rings (SSSR count). The zero-order valence-corrected chi connectivity index (χ0v) is 12.2. The van der Waals surface area contributed by atoms with Gasteiger partial charge in [0, 0.05) is 23.4 Å². The number of ether oxygens (including phenoxy) is 1. The minimum Gasteiger partial charge on any atom is -0.481 e. The van der Waals surface area contributed by atoms with Crippen molar-refractivity contribution in [1.82, 2.24) is 4.98 Å². The Bertz CT molecular complexity index is 629. The Hall–Kier alpha value is -1.45. The van der Waals surface area contributed by atoms with Gasteiger partial charge < -0.3 is 4.74 Å². The van der Waals surface area contributed by atoms with E-state index < -0.39 is 0 Å². The summed E-state index contributed by atoms with van der Waals surface area (Å²) >= 11 is 17.0. The predicted octanol–water partition coefficient (Wildman–Crippen LogP) is 4.80. The van der Waals surface area contributed by atoms with E-state index in [2.05, 4.69) is 27.4 Å². The Morgan fingerprint density at radius 3 is 2.42 bits per heavy atom. The minimum absolute atomic E-state index is 0.475. The van der Waals surface area contributed by atoms with Crippen molar-refractivity contribution in [3.05, 3.63) is 40.5 Å². The molecule has 0 atom stereocenters. The molecule has 0 aliphatic heterocycles. The first-order valence-electron chi connectivity index (χ1n) is 5.23. The van der Waals surface area contributed by atoms with Crippen LogP contribution in [0, 0.1) is 0 Å². The van der Waals surface area contributed by atoms with Gasteiger partial charge in [0.05, 0.1) is 28.0 Å². The fourth-order valence-corrected chi connectivity index (χ4v) is 2.40. The van der Waals surface area contributed by atoms with E-state index in [9.17, 15) is 0 Å². The fourth-order valence-electron chi connectivity index (χ4n) is 1.60. The van der Waals surface area contributed by atoms with Gasteiger partial charge in [-0.05, 0) is 30.4 Å². The van der Waals surface area contributed by atoms with Crippen LogP contribution in [0.5, 0.6) is 5.88 Å². The second-order valence-corrected chi connectivity index (χ2v) is 4.57. The summed E-state index contributed by atoms with van der Waals surface area (Å²) in [7, 11) is 1.56. The van der Waals surface area contributed by atoms with Gasteiger partial charge in [-0.15, -0.1) is 0 Å². The normalized spacial score (nSPS) is 9.84. The number of nitrogens with zero attached hydrogens (tertiary/aromatic N) is 2. The van der Waals surface area contributed by atoms with Crippen LogP contribution in [0.2, 0.25) is 10.0 Å². The number of isothiocyanates is 1. The quantitative estimate of drug-likeness (QED) is 0.603. The number of hydrogen-bond acceptors (Lipinski definition) is 4. The molecule has 1 heterocycles. The summed E-state index contributed by atoms with van der Waals surface area (Å²) in [6.45, 7) is 0. The van der Waals surface area contributed by atoms with Gasteiger partial charge in [0.2, 0.25) is 5.88 Å². The SMILES string of the molecule is COc1ccc(-c2c(Cl)cc(N=C=S)cc2Cl)cn1. The number of hydrogen-bond donors (Lipinski definition) is 0. The Morgan fingerprint density at radius 2 is 1.95 bits per heavy atom. The average Bonchev–Trinajstić information content (AvgIpc) is 2.39. The molecule has 0 fully saturated rings. The maximum atomic E-state index is 6.21. The first kappa shape index (κ1) is 14.0. The van der Waals surface area contributed by atoms with Crippen LogP contribution in [0.3, 0.4) is 0 Å². The lowest BCUT2D eigenvalue weighted by atomic mass is 10.1. The summed E-state index contributed by atoms with van der Waals surface area (Å²) in [6.07, 6.45) is 1.65. The van der Waals surface area contributed by atoms with E-state index in [0.29, 0.717) is 27.2 Å². The van der Waals surface area contributed by atoms with Gasteiger partial charge >= 0.3 is 0 Å². The first-order chi connectivity index (χ1) is 9.15. The highest BCUT2D eigenvalue weighted by Crippen LogP contribution is 2.38. The number of rotatable bonds is 3. The van der Waals surface area contributed by atoms with Crippen LogP contribution in [0.1, 0.15) is 0 Å². The zero-order chi connectivity index (χ0) is 13.8. The van der Waals surface area contributed by atoms with Gasteiger partial charge in [-0.2, -0.15) is 4.99 Å². The van der Waals surface area contributed by atoms with Gasteiger partial charge in [0.25, 0.3) is 0 Å². The molecular formula is C13H8Cl2N2OS. The van der Waals surface area contributed by atoms with E-state index >= 15 is 0 Å². The molecule has 0 bridgehead atoms. The molecule has 0 radical (unpaired) electrons. The Kier molecular flexibility index (Phi) is 4.51. The van der Waals surface area contributed by atoms with Crippen molar-refractivity contribution < 1.29 is 4.74 Å². The van der Waals surface area contributed by atoms with Crippen molar-refractivity contribution >= 4 is 46.3 Å². The largest absolute Gasteiger partial charge is 0.481 e. The van der Waals surface area contributed by atoms with Crippen molar-refractivity contribution in [3.63, 3.8) is 0 Å². The highest BCUT2D eigenvalue weighted by Gasteiger charge is 2.11. The van der Waals surface area contributed by atoms with Crippen molar-refractivity contribution in [1.29, 1.82) is 0 Å². The van der Waals surface area contributed by atoms with Crippen LogP contribution in [-0.2, 0) is 0 Å². The number of benzene rings is 1. The number of aliphatic imine (C=N–C) groups is 1. The molecule has 3 nitrogen and oxygen atoms in total. The number of pyridine rings is 1. The highest BCUT2D eigenvalue weighted by molar-refractivity contribution is 7.78. The summed E-state index contributed by atoms with van der Waals surface area (Å²) < 4.78 is 5.00. The molecule has 0 N–H and O–H groups in total.